The molecule has 25 heavy (non-hydrogen) atoms. The van der Waals surface area contributed by atoms with Gasteiger partial charge in [-0.15, -0.1) is 0 Å². The minimum Gasteiger partial charge on any atom is -0.291 e. The van der Waals surface area contributed by atoms with Gasteiger partial charge in [-0.2, -0.15) is 0 Å². The van der Waals surface area contributed by atoms with Crippen molar-refractivity contribution in [2.45, 2.75) is 17.2 Å². The van der Waals surface area contributed by atoms with Gasteiger partial charge in [0.2, 0.25) is 0 Å². The van der Waals surface area contributed by atoms with Gasteiger partial charge < -0.3 is 0 Å². The van der Waals surface area contributed by atoms with E-state index in [9.17, 15) is 8.42 Å². The highest BCUT2D eigenvalue weighted by Gasteiger charge is 2.34. The maximum Gasteiger partial charge on any atom is 0.350 e. The summed E-state index contributed by atoms with van der Waals surface area (Å²) in [6.07, 6.45) is 0. The molecule has 0 amide bonds. The van der Waals surface area contributed by atoms with E-state index in [0.717, 1.165) is 16.7 Å². The molecule has 0 unspecified atom stereocenters. The summed E-state index contributed by atoms with van der Waals surface area (Å²) in [5.41, 5.74) is 3.50. The fourth-order valence-electron chi connectivity index (χ4n) is 2.65. The van der Waals surface area contributed by atoms with Crippen LogP contribution in [0.1, 0.15) is 16.5 Å². The van der Waals surface area contributed by atoms with E-state index in [4.69, 9.17) is 6.57 Å². The molecule has 0 aromatic heterocycles. The number of hydrogen-bond donors (Lipinski definition) is 0. The largest absolute Gasteiger partial charge is 0.350 e. The molecule has 0 aliphatic rings. The minimum absolute atomic E-state index is 0.172. The molecule has 3 rings (SSSR count). The van der Waals surface area contributed by atoms with Gasteiger partial charge in [0.1, 0.15) is 0 Å². The monoisotopic (exact) mass is 347 g/mol. The second kappa shape index (κ2) is 6.92. The predicted octanol–water partition coefficient (Wildman–Crippen LogP) is 5.05. The Kier molecular flexibility index (Phi) is 4.69. The molecule has 3 aromatic carbocycles. The molecule has 3 aromatic rings. The van der Waals surface area contributed by atoms with Crippen molar-refractivity contribution in [1.29, 1.82) is 0 Å². The Bertz CT molecular complexity index is 1000. The fourth-order valence-corrected chi connectivity index (χ4v) is 4.08. The normalized spacial score (nSPS) is 12.3. The van der Waals surface area contributed by atoms with E-state index in [1.54, 1.807) is 36.4 Å². The first kappa shape index (κ1) is 16.9. The summed E-state index contributed by atoms with van der Waals surface area (Å²) in [5, 5.41) is -1.24. The Hall–Kier alpha value is -2.90. The van der Waals surface area contributed by atoms with Crippen molar-refractivity contribution >= 4 is 9.84 Å². The summed E-state index contributed by atoms with van der Waals surface area (Å²) in [5.74, 6) is 0. The molecular formula is C21H17NO2S. The third kappa shape index (κ3) is 3.47. The molecule has 0 spiro atoms. The van der Waals surface area contributed by atoms with Crippen molar-refractivity contribution < 1.29 is 8.42 Å². The Labute approximate surface area is 148 Å². The van der Waals surface area contributed by atoms with Gasteiger partial charge in [0.15, 0.2) is 0 Å². The summed E-state index contributed by atoms with van der Waals surface area (Å²) >= 11 is 0. The van der Waals surface area contributed by atoms with Gasteiger partial charge in [-0.05, 0) is 42.3 Å². The topological polar surface area (TPSA) is 38.5 Å². The van der Waals surface area contributed by atoms with E-state index in [-0.39, 0.29) is 4.90 Å². The summed E-state index contributed by atoms with van der Waals surface area (Å²) < 4.78 is 25.6. The first-order valence-electron chi connectivity index (χ1n) is 7.85. The van der Waals surface area contributed by atoms with Gasteiger partial charge in [-0.1, -0.05) is 60.2 Å². The van der Waals surface area contributed by atoms with Gasteiger partial charge in [0.05, 0.1) is 10.5 Å². The van der Waals surface area contributed by atoms with Crippen LogP contribution in [0.3, 0.4) is 0 Å². The highest BCUT2D eigenvalue weighted by molar-refractivity contribution is 7.91. The lowest BCUT2D eigenvalue weighted by Gasteiger charge is -2.09. The SMILES string of the molecule is [C-]#[N+][C@@H](c1ccc(-c2ccccc2)cc1)S(=O)(=O)c1ccc(C)cc1. The Morgan fingerprint density at radius 1 is 0.800 bits per heavy atom. The van der Waals surface area contributed by atoms with Crippen LogP contribution in [0.4, 0.5) is 0 Å². The molecule has 124 valence electrons. The van der Waals surface area contributed by atoms with Gasteiger partial charge in [0, 0.05) is 0 Å². The third-order valence-corrected chi connectivity index (χ3v) is 5.96. The molecule has 0 aliphatic carbocycles. The lowest BCUT2D eigenvalue weighted by atomic mass is 10.0. The Morgan fingerprint density at radius 2 is 1.36 bits per heavy atom. The van der Waals surface area contributed by atoms with Gasteiger partial charge in [-0.3, -0.25) is 4.85 Å². The molecule has 0 fully saturated rings. The molecule has 0 saturated heterocycles. The predicted molar refractivity (Wildman–Crippen MR) is 99.6 cm³/mol. The van der Waals surface area contributed by atoms with E-state index in [0.29, 0.717) is 5.56 Å². The second-order valence-corrected chi connectivity index (χ2v) is 7.84. The van der Waals surface area contributed by atoms with Gasteiger partial charge in [-0.25, -0.2) is 15.0 Å². The summed E-state index contributed by atoms with van der Waals surface area (Å²) in [7, 11) is -3.75. The molecule has 0 heterocycles. The quantitative estimate of drug-likeness (QED) is 0.619. The highest BCUT2D eigenvalue weighted by atomic mass is 32.2. The van der Waals surface area contributed by atoms with Crippen LogP contribution in [0.25, 0.3) is 16.0 Å². The van der Waals surface area contributed by atoms with Crippen molar-refractivity contribution in [1.82, 2.24) is 0 Å². The number of sulfone groups is 1. The van der Waals surface area contributed by atoms with Gasteiger partial charge >= 0.3 is 5.37 Å². The summed E-state index contributed by atoms with van der Waals surface area (Å²) in [6.45, 7) is 9.30. The van der Waals surface area contributed by atoms with Crippen molar-refractivity contribution in [2.24, 2.45) is 0 Å². The fraction of sp³-hybridized carbons (Fsp3) is 0.0952. The second-order valence-electron chi connectivity index (χ2n) is 5.83. The molecule has 0 aliphatic heterocycles. The Balaban J connectivity index is 1.96. The molecule has 4 heteroatoms. The minimum atomic E-state index is -3.75. The van der Waals surface area contributed by atoms with Crippen LogP contribution in [-0.4, -0.2) is 8.42 Å². The van der Waals surface area contributed by atoms with Crippen LogP contribution >= 0.6 is 0 Å². The number of rotatable bonds is 4. The van der Waals surface area contributed by atoms with Crippen molar-refractivity contribution in [3.63, 3.8) is 0 Å². The molecule has 0 saturated carbocycles. The lowest BCUT2D eigenvalue weighted by molar-refractivity contribution is 0.590. The van der Waals surface area contributed by atoms with E-state index < -0.39 is 15.2 Å². The summed E-state index contributed by atoms with van der Waals surface area (Å²) in [4.78, 5) is 3.57. The summed E-state index contributed by atoms with van der Waals surface area (Å²) in [6, 6.07) is 23.6. The van der Waals surface area contributed by atoms with E-state index >= 15 is 0 Å². The maximum atomic E-state index is 12.8. The number of hydrogen-bond acceptors (Lipinski definition) is 2. The zero-order valence-corrected chi connectivity index (χ0v) is 14.6. The van der Waals surface area contributed by atoms with Crippen molar-refractivity contribution in [3.8, 4) is 11.1 Å². The van der Waals surface area contributed by atoms with Crippen LogP contribution < -0.4 is 0 Å². The highest BCUT2D eigenvalue weighted by Crippen LogP contribution is 2.31. The van der Waals surface area contributed by atoms with E-state index in [1.165, 1.54) is 0 Å². The average molecular weight is 347 g/mol. The molecule has 0 radical (unpaired) electrons. The third-order valence-electron chi connectivity index (χ3n) is 4.06. The van der Waals surface area contributed by atoms with Crippen LogP contribution in [-0.2, 0) is 9.84 Å². The molecule has 0 bridgehead atoms. The van der Waals surface area contributed by atoms with Crippen LogP contribution in [0.5, 0.6) is 0 Å². The van der Waals surface area contributed by atoms with Crippen LogP contribution in [0.15, 0.2) is 83.8 Å². The van der Waals surface area contributed by atoms with Gasteiger partial charge in [0.25, 0.3) is 9.84 Å². The number of nitrogens with zero attached hydrogens (tertiary/aromatic N) is 1. The number of benzene rings is 3. The Morgan fingerprint density at radius 3 is 1.92 bits per heavy atom. The molecule has 1 atom stereocenters. The van der Waals surface area contributed by atoms with E-state index in [1.807, 2.05) is 49.4 Å². The first-order chi connectivity index (χ1) is 12.0. The van der Waals surface area contributed by atoms with E-state index in [2.05, 4.69) is 4.85 Å². The zero-order chi connectivity index (χ0) is 17.9. The number of aryl methyl sites for hydroxylation is 1. The molecule has 0 N–H and O–H groups in total. The smallest absolute Gasteiger partial charge is 0.291 e. The molecule has 3 nitrogen and oxygen atoms in total. The van der Waals surface area contributed by atoms with Crippen LogP contribution in [0.2, 0.25) is 0 Å². The zero-order valence-electron chi connectivity index (χ0n) is 13.8. The standard InChI is InChI=1S/C21H17NO2S/c1-16-8-14-20(15-9-16)25(23,24)21(22-2)19-12-10-18(11-13-19)17-6-4-3-5-7-17/h3-15,21H,1H3/t21-/m1/s1. The lowest BCUT2D eigenvalue weighted by Crippen LogP contribution is -2.10. The first-order valence-corrected chi connectivity index (χ1v) is 9.39. The molecular weight excluding hydrogens is 330 g/mol. The van der Waals surface area contributed by atoms with Crippen LogP contribution in [0, 0.1) is 13.5 Å². The van der Waals surface area contributed by atoms with Crippen molar-refractivity contribution in [2.75, 3.05) is 0 Å². The average Bonchev–Trinajstić information content (AvgIpc) is 2.64. The maximum absolute atomic E-state index is 12.8. The van der Waals surface area contributed by atoms with Crippen molar-refractivity contribution in [3.05, 3.63) is 101 Å².